The van der Waals surface area contributed by atoms with Crippen LogP contribution >= 0.6 is 27.7 Å². The number of hydrogen-bond donors (Lipinski definition) is 2. The molecule has 1 aromatic heterocycles. The van der Waals surface area contributed by atoms with Crippen molar-refractivity contribution in [3.63, 3.8) is 0 Å². The van der Waals surface area contributed by atoms with Gasteiger partial charge in [-0.15, -0.1) is 11.8 Å². The van der Waals surface area contributed by atoms with Gasteiger partial charge in [0.05, 0.1) is 0 Å². The Morgan fingerprint density at radius 2 is 2.05 bits per heavy atom. The van der Waals surface area contributed by atoms with Gasteiger partial charge in [0.15, 0.2) is 0 Å². The highest BCUT2D eigenvalue weighted by atomic mass is 79.9. The molecule has 2 rings (SSSR count). The second-order valence-corrected chi connectivity index (χ2v) is 5.65. The largest absolute Gasteiger partial charge is 0.290 e. The van der Waals surface area contributed by atoms with Crippen molar-refractivity contribution in [1.82, 2.24) is 10.4 Å². The number of carbonyl (C=O) groups is 1. The molecule has 0 fully saturated rings. The first-order valence-electron chi connectivity index (χ1n) is 5.53. The first-order valence-corrected chi connectivity index (χ1v) is 7.31. The molecule has 0 saturated heterocycles. The second kappa shape index (κ2) is 6.70. The van der Waals surface area contributed by atoms with Crippen LogP contribution in [0.25, 0.3) is 0 Å². The minimum atomic E-state index is -0.297. The Bertz CT molecular complexity index is 577. The van der Waals surface area contributed by atoms with Crippen molar-refractivity contribution in [3.8, 4) is 0 Å². The zero-order valence-electron chi connectivity index (χ0n) is 9.97. The van der Waals surface area contributed by atoms with Crippen molar-refractivity contribution in [2.75, 3.05) is 0 Å². The summed E-state index contributed by atoms with van der Waals surface area (Å²) < 4.78 is 0.898. The molecule has 0 atom stereocenters. The third-order valence-corrected chi connectivity index (χ3v) is 4.29. The van der Waals surface area contributed by atoms with E-state index in [0.717, 1.165) is 20.7 Å². The number of halogens is 1. The van der Waals surface area contributed by atoms with Crippen LogP contribution in [0.15, 0.2) is 52.1 Å². The molecule has 0 bridgehead atoms. The van der Waals surface area contributed by atoms with Gasteiger partial charge in [0.1, 0.15) is 0 Å². The highest BCUT2D eigenvalue weighted by Gasteiger charge is 2.07. The number of benzene rings is 1. The van der Waals surface area contributed by atoms with E-state index < -0.39 is 0 Å². The van der Waals surface area contributed by atoms with Crippen molar-refractivity contribution < 1.29 is 4.79 Å². The van der Waals surface area contributed by atoms with Gasteiger partial charge in [-0.1, -0.05) is 22.0 Å². The highest BCUT2D eigenvalue weighted by Crippen LogP contribution is 2.27. The lowest BCUT2D eigenvalue weighted by Gasteiger charge is -2.06. The smallest absolute Gasteiger partial charge is 0.265 e. The summed E-state index contributed by atoms with van der Waals surface area (Å²) in [6, 6.07) is 9.38. The number of hydrazine groups is 1. The third kappa shape index (κ3) is 3.79. The molecule has 0 aliphatic heterocycles. The van der Waals surface area contributed by atoms with E-state index >= 15 is 0 Å². The zero-order valence-corrected chi connectivity index (χ0v) is 12.4. The van der Waals surface area contributed by atoms with E-state index in [1.807, 2.05) is 18.2 Å². The molecule has 98 valence electrons. The van der Waals surface area contributed by atoms with Crippen LogP contribution in [0.2, 0.25) is 0 Å². The molecule has 0 radical (unpaired) electrons. The van der Waals surface area contributed by atoms with Crippen LogP contribution in [0.5, 0.6) is 0 Å². The molecule has 0 aliphatic rings. The average molecular weight is 338 g/mol. The van der Waals surface area contributed by atoms with Crippen LogP contribution < -0.4 is 11.3 Å². The third-order valence-electron chi connectivity index (χ3n) is 2.49. The van der Waals surface area contributed by atoms with E-state index in [0.29, 0.717) is 5.56 Å². The van der Waals surface area contributed by atoms with Gasteiger partial charge < -0.3 is 0 Å². The van der Waals surface area contributed by atoms with Crippen LogP contribution in [-0.4, -0.2) is 10.9 Å². The van der Waals surface area contributed by atoms with E-state index in [2.05, 4.69) is 26.3 Å². The molecule has 0 aliphatic carbocycles. The molecule has 1 amide bonds. The van der Waals surface area contributed by atoms with Crippen LogP contribution in [0, 0.1) is 0 Å². The van der Waals surface area contributed by atoms with Gasteiger partial charge >= 0.3 is 0 Å². The Labute approximate surface area is 123 Å². The molecule has 6 heteroatoms. The van der Waals surface area contributed by atoms with Crippen LogP contribution in [0.1, 0.15) is 15.9 Å². The number of rotatable bonds is 4. The Hall–Kier alpha value is -1.37. The lowest BCUT2D eigenvalue weighted by molar-refractivity contribution is 0.0953. The van der Waals surface area contributed by atoms with E-state index in [9.17, 15) is 4.79 Å². The molecule has 19 heavy (non-hydrogen) atoms. The summed E-state index contributed by atoms with van der Waals surface area (Å²) in [6.45, 7) is 0. The standard InChI is InChI=1S/C13H12BrN3OS/c14-12-7-9(13(18)17-15)1-2-10(12)8-19-11-3-5-16-6-4-11/h1-7H,8,15H2,(H,17,18). The quantitative estimate of drug-likeness (QED) is 0.389. The van der Waals surface area contributed by atoms with Crippen molar-refractivity contribution in [2.45, 2.75) is 10.6 Å². The number of amides is 1. The fraction of sp³-hybridized carbons (Fsp3) is 0.0769. The first kappa shape index (κ1) is 14.0. The molecular formula is C13H12BrN3OS. The van der Waals surface area contributed by atoms with Crippen molar-refractivity contribution in [3.05, 3.63) is 58.3 Å². The minimum Gasteiger partial charge on any atom is -0.290 e. The lowest BCUT2D eigenvalue weighted by atomic mass is 10.1. The minimum absolute atomic E-state index is 0.297. The Morgan fingerprint density at radius 1 is 1.32 bits per heavy atom. The van der Waals surface area contributed by atoms with Gasteiger partial charge in [0.25, 0.3) is 5.91 Å². The van der Waals surface area contributed by atoms with Crippen LogP contribution in [0.3, 0.4) is 0 Å². The highest BCUT2D eigenvalue weighted by molar-refractivity contribution is 9.10. The normalized spacial score (nSPS) is 10.2. The number of hydrogen-bond acceptors (Lipinski definition) is 4. The SMILES string of the molecule is NNC(=O)c1ccc(CSc2ccncc2)c(Br)c1. The van der Waals surface area contributed by atoms with Crippen LogP contribution in [-0.2, 0) is 5.75 Å². The predicted octanol–water partition coefficient (Wildman–Crippen LogP) is 2.74. The second-order valence-electron chi connectivity index (χ2n) is 3.75. The monoisotopic (exact) mass is 337 g/mol. The Kier molecular flexibility index (Phi) is 4.95. The summed E-state index contributed by atoms with van der Waals surface area (Å²) in [7, 11) is 0. The number of nitrogens with two attached hydrogens (primary N) is 1. The van der Waals surface area contributed by atoms with Crippen LogP contribution in [0.4, 0.5) is 0 Å². The molecule has 0 saturated carbocycles. The number of nitrogens with one attached hydrogen (secondary N) is 1. The van der Waals surface area contributed by atoms with Crippen molar-refractivity contribution >= 4 is 33.6 Å². The van der Waals surface area contributed by atoms with Gasteiger partial charge in [-0.05, 0) is 29.8 Å². The maximum atomic E-state index is 11.4. The summed E-state index contributed by atoms with van der Waals surface area (Å²) in [5, 5.41) is 0. The van der Waals surface area contributed by atoms with Gasteiger partial charge in [-0.25, -0.2) is 5.84 Å². The number of aromatic nitrogens is 1. The fourth-order valence-corrected chi connectivity index (χ4v) is 3.08. The van der Waals surface area contributed by atoms with Crippen molar-refractivity contribution in [1.29, 1.82) is 0 Å². The fourth-order valence-electron chi connectivity index (χ4n) is 1.48. The zero-order chi connectivity index (χ0) is 13.7. The topological polar surface area (TPSA) is 68.0 Å². The average Bonchev–Trinajstić information content (AvgIpc) is 2.46. The van der Waals surface area contributed by atoms with E-state index in [-0.39, 0.29) is 5.91 Å². The Balaban J connectivity index is 2.07. The molecule has 0 unspecified atom stereocenters. The summed E-state index contributed by atoms with van der Waals surface area (Å²) in [5.74, 6) is 5.62. The number of carbonyl (C=O) groups excluding carboxylic acids is 1. The summed E-state index contributed by atoms with van der Waals surface area (Å²) in [5.41, 5.74) is 3.77. The molecule has 2 aromatic rings. The van der Waals surface area contributed by atoms with E-state index in [4.69, 9.17) is 5.84 Å². The lowest BCUT2D eigenvalue weighted by Crippen LogP contribution is -2.29. The molecule has 3 N–H and O–H groups in total. The predicted molar refractivity (Wildman–Crippen MR) is 79.6 cm³/mol. The maximum Gasteiger partial charge on any atom is 0.265 e. The van der Waals surface area contributed by atoms with Gasteiger partial charge in [0, 0.05) is 33.1 Å². The summed E-state index contributed by atoms with van der Waals surface area (Å²) >= 11 is 5.18. The Morgan fingerprint density at radius 3 is 2.68 bits per heavy atom. The van der Waals surface area contributed by atoms with Crippen molar-refractivity contribution in [2.24, 2.45) is 5.84 Å². The number of nitrogen functional groups attached to an aromatic ring is 1. The number of nitrogens with zero attached hydrogens (tertiary/aromatic N) is 1. The van der Waals surface area contributed by atoms with Gasteiger partial charge in [-0.2, -0.15) is 0 Å². The van der Waals surface area contributed by atoms with Gasteiger partial charge in [-0.3, -0.25) is 15.2 Å². The molecule has 1 heterocycles. The van der Waals surface area contributed by atoms with E-state index in [1.165, 1.54) is 0 Å². The molecule has 4 nitrogen and oxygen atoms in total. The van der Waals surface area contributed by atoms with E-state index in [1.54, 1.807) is 36.3 Å². The summed E-state index contributed by atoms with van der Waals surface area (Å²) in [6.07, 6.45) is 3.54. The number of thioether (sulfide) groups is 1. The molecule has 1 aromatic carbocycles. The first-order chi connectivity index (χ1) is 9.20. The number of pyridine rings is 1. The molecular weight excluding hydrogens is 326 g/mol. The molecule has 0 spiro atoms. The summed E-state index contributed by atoms with van der Waals surface area (Å²) in [4.78, 5) is 16.5. The maximum absolute atomic E-state index is 11.4. The van der Waals surface area contributed by atoms with Gasteiger partial charge in [0.2, 0.25) is 0 Å².